The summed E-state index contributed by atoms with van der Waals surface area (Å²) in [5.74, 6) is -1.78. The van der Waals surface area contributed by atoms with Gasteiger partial charge in [0.1, 0.15) is 0 Å². The third-order valence-corrected chi connectivity index (χ3v) is 4.16. The van der Waals surface area contributed by atoms with Crippen molar-refractivity contribution in [3.63, 3.8) is 0 Å². The number of furan rings is 1. The Morgan fingerprint density at radius 1 is 1.20 bits per heavy atom. The van der Waals surface area contributed by atoms with Crippen molar-refractivity contribution in [2.45, 2.75) is 18.4 Å². The van der Waals surface area contributed by atoms with Crippen LogP contribution in [0.5, 0.6) is 0 Å². The molecule has 1 heterocycles. The standard InChI is InChI=1S/C16H18N2O6S/c1-11-4-2-3-5-12(11)8-9-18-14(19)10-23-16(20)13-6-7-15(24-13)25(17,21)22/h2-7H,8-10H2,1H3,(H,18,19)(H2,17,21,22). The topological polar surface area (TPSA) is 129 Å². The molecule has 0 aliphatic heterocycles. The number of carbonyl (C=O) groups is 2. The zero-order valence-electron chi connectivity index (χ0n) is 13.5. The van der Waals surface area contributed by atoms with Crippen molar-refractivity contribution in [2.24, 2.45) is 5.14 Å². The second kappa shape index (κ2) is 7.95. The zero-order chi connectivity index (χ0) is 18.4. The average molecular weight is 366 g/mol. The summed E-state index contributed by atoms with van der Waals surface area (Å²) in [4.78, 5) is 23.4. The van der Waals surface area contributed by atoms with Crippen LogP contribution in [-0.4, -0.2) is 33.4 Å². The molecule has 0 fully saturated rings. The van der Waals surface area contributed by atoms with E-state index in [0.29, 0.717) is 13.0 Å². The number of carbonyl (C=O) groups excluding carboxylic acids is 2. The van der Waals surface area contributed by atoms with Gasteiger partial charge in [0.15, 0.2) is 6.61 Å². The molecule has 2 rings (SSSR count). The smallest absolute Gasteiger partial charge is 0.374 e. The Labute approximate surface area is 145 Å². The summed E-state index contributed by atoms with van der Waals surface area (Å²) < 4.78 is 31.7. The van der Waals surface area contributed by atoms with Gasteiger partial charge in [0.05, 0.1) is 0 Å². The van der Waals surface area contributed by atoms with Crippen molar-refractivity contribution >= 4 is 21.9 Å². The molecular formula is C16H18N2O6S. The number of sulfonamides is 1. The Morgan fingerprint density at radius 2 is 1.92 bits per heavy atom. The van der Waals surface area contributed by atoms with Crippen LogP contribution >= 0.6 is 0 Å². The summed E-state index contributed by atoms with van der Waals surface area (Å²) in [5, 5.41) is 6.95. The number of amides is 1. The lowest BCUT2D eigenvalue weighted by molar-refractivity contribution is -0.124. The Balaban J connectivity index is 1.77. The first-order valence-corrected chi connectivity index (χ1v) is 8.93. The first kappa shape index (κ1) is 18.7. The molecule has 0 atom stereocenters. The SMILES string of the molecule is Cc1ccccc1CCNC(=O)COC(=O)c1ccc(S(N)(=O)=O)o1. The van der Waals surface area contributed by atoms with Crippen LogP contribution in [0.25, 0.3) is 0 Å². The molecule has 0 aliphatic carbocycles. The lowest BCUT2D eigenvalue weighted by atomic mass is 10.1. The molecule has 1 aromatic heterocycles. The number of ether oxygens (including phenoxy) is 1. The first-order chi connectivity index (χ1) is 11.8. The molecule has 0 spiro atoms. The monoisotopic (exact) mass is 366 g/mol. The average Bonchev–Trinajstić information content (AvgIpc) is 3.05. The molecule has 0 saturated heterocycles. The van der Waals surface area contributed by atoms with E-state index >= 15 is 0 Å². The highest BCUT2D eigenvalue weighted by Gasteiger charge is 2.19. The second-order valence-electron chi connectivity index (χ2n) is 5.27. The van der Waals surface area contributed by atoms with Crippen LogP contribution in [0.4, 0.5) is 0 Å². The van der Waals surface area contributed by atoms with Gasteiger partial charge in [-0.2, -0.15) is 0 Å². The maximum atomic E-state index is 11.7. The number of nitrogens with two attached hydrogens (primary N) is 1. The minimum absolute atomic E-state index is 0.350. The highest BCUT2D eigenvalue weighted by molar-refractivity contribution is 7.89. The highest BCUT2D eigenvalue weighted by atomic mass is 32.2. The van der Waals surface area contributed by atoms with E-state index in [0.717, 1.165) is 23.3 Å². The van der Waals surface area contributed by atoms with E-state index in [9.17, 15) is 18.0 Å². The molecule has 25 heavy (non-hydrogen) atoms. The number of hydrogen-bond acceptors (Lipinski definition) is 6. The number of benzene rings is 1. The summed E-state index contributed by atoms with van der Waals surface area (Å²) in [6.07, 6.45) is 0.655. The number of rotatable bonds is 7. The Bertz CT molecular complexity index is 872. The summed E-state index contributed by atoms with van der Waals surface area (Å²) in [5.41, 5.74) is 2.25. The fourth-order valence-electron chi connectivity index (χ4n) is 2.06. The molecule has 0 saturated carbocycles. The van der Waals surface area contributed by atoms with Crippen molar-refractivity contribution in [3.8, 4) is 0 Å². The van der Waals surface area contributed by atoms with Gasteiger partial charge in [-0.05, 0) is 36.6 Å². The zero-order valence-corrected chi connectivity index (χ0v) is 14.3. The summed E-state index contributed by atoms with van der Waals surface area (Å²) in [6, 6.07) is 9.96. The molecule has 2 aromatic rings. The Kier molecular flexibility index (Phi) is 5.94. The molecule has 3 N–H and O–H groups in total. The van der Waals surface area contributed by atoms with Crippen molar-refractivity contribution < 1.29 is 27.2 Å². The van der Waals surface area contributed by atoms with Gasteiger partial charge in [0.25, 0.3) is 15.9 Å². The van der Waals surface area contributed by atoms with E-state index in [-0.39, 0.29) is 5.76 Å². The van der Waals surface area contributed by atoms with Gasteiger partial charge in [0.2, 0.25) is 10.9 Å². The maximum absolute atomic E-state index is 11.7. The van der Waals surface area contributed by atoms with E-state index < -0.39 is 33.6 Å². The Morgan fingerprint density at radius 3 is 2.56 bits per heavy atom. The summed E-state index contributed by atoms with van der Waals surface area (Å²) in [6.45, 7) is 1.88. The first-order valence-electron chi connectivity index (χ1n) is 7.38. The highest BCUT2D eigenvalue weighted by Crippen LogP contribution is 2.13. The summed E-state index contributed by atoms with van der Waals surface area (Å²) >= 11 is 0. The molecule has 1 aromatic carbocycles. The van der Waals surface area contributed by atoms with Crippen LogP contribution in [0, 0.1) is 6.92 Å². The van der Waals surface area contributed by atoms with E-state index in [1.807, 2.05) is 31.2 Å². The van der Waals surface area contributed by atoms with Crippen LogP contribution in [0.3, 0.4) is 0 Å². The molecule has 0 radical (unpaired) electrons. The van der Waals surface area contributed by atoms with Gasteiger partial charge >= 0.3 is 5.97 Å². The van der Waals surface area contributed by atoms with E-state index in [1.54, 1.807) is 0 Å². The normalized spacial score (nSPS) is 11.1. The lowest BCUT2D eigenvalue weighted by Crippen LogP contribution is -2.30. The van der Waals surface area contributed by atoms with Gasteiger partial charge < -0.3 is 14.5 Å². The molecular weight excluding hydrogens is 348 g/mol. The molecule has 134 valence electrons. The van der Waals surface area contributed by atoms with Crippen molar-refractivity contribution in [1.29, 1.82) is 0 Å². The fourth-order valence-corrected chi connectivity index (χ4v) is 2.53. The van der Waals surface area contributed by atoms with Crippen molar-refractivity contribution in [1.82, 2.24) is 5.32 Å². The fraction of sp³-hybridized carbons (Fsp3) is 0.250. The van der Waals surface area contributed by atoms with Crippen molar-refractivity contribution in [3.05, 3.63) is 53.3 Å². The molecule has 1 amide bonds. The van der Waals surface area contributed by atoms with E-state index in [2.05, 4.69) is 5.32 Å². The predicted molar refractivity (Wildman–Crippen MR) is 88.3 cm³/mol. The molecule has 8 nitrogen and oxygen atoms in total. The van der Waals surface area contributed by atoms with E-state index in [4.69, 9.17) is 14.3 Å². The molecule has 0 aliphatic rings. The minimum atomic E-state index is -4.04. The molecule has 0 bridgehead atoms. The van der Waals surface area contributed by atoms with Crippen LogP contribution in [0.2, 0.25) is 0 Å². The maximum Gasteiger partial charge on any atom is 0.374 e. The number of hydrogen-bond donors (Lipinski definition) is 2. The largest absolute Gasteiger partial charge is 0.450 e. The minimum Gasteiger partial charge on any atom is -0.450 e. The van der Waals surface area contributed by atoms with Gasteiger partial charge in [-0.3, -0.25) is 4.79 Å². The summed E-state index contributed by atoms with van der Waals surface area (Å²) in [7, 11) is -4.04. The number of esters is 1. The number of nitrogens with one attached hydrogen (secondary N) is 1. The van der Waals surface area contributed by atoms with Crippen LogP contribution in [0.1, 0.15) is 21.7 Å². The second-order valence-corrected chi connectivity index (χ2v) is 6.76. The Hall–Kier alpha value is -2.65. The van der Waals surface area contributed by atoms with Crippen molar-refractivity contribution in [2.75, 3.05) is 13.2 Å². The number of primary sulfonamides is 1. The van der Waals surface area contributed by atoms with Gasteiger partial charge in [0, 0.05) is 6.54 Å². The molecule has 0 unspecified atom stereocenters. The van der Waals surface area contributed by atoms with Gasteiger partial charge in [-0.15, -0.1) is 0 Å². The van der Waals surface area contributed by atoms with Crippen LogP contribution in [-0.2, 0) is 26.0 Å². The van der Waals surface area contributed by atoms with Gasteiger partial charge in [-0.25, -0.2) is 18.4 Å². The van der Waals surface area contributed by atoms with Crippen LogP contribution in [0.15, 0.2) is 45.9 Å². The van der Waals surface area contributed by atoms with Gasteiger partial charge in [-0.1, -0.05) is 24.3 Å². The third-order valence-electron chi connectivity index (χ3n) is 3.38. The predicted octanol–water partition coefficient (Wildman–Crippen LogP) is 0.751. The van der Waals surface area contributed by atoms with Crippen LogP contribution < -0.4 is 10.5 Å². The quantitative estimate of drug-likeness (QED) is 0.696. The molecule has 9 heteroatoms. The van der Waals surface area contributed by atoms with E-state index in [1.165, 1.54) is 0 Å². The third kappa shape index (κ3) is 5.44. The lowest BCUT2D eigenvalue weighted by Gasteiger charge is -2.07. The number of aryl methyl sites for hydroxylation is 1.